The van der Waals surface area contributed by atoms with Crippen molar-refractivity contribution in [3.8, 4) is 0 Å². The van der Waals surface area contributed by atoms with Crippen molar-refractivity contribution in [1.29, 1.82) is 0 Å². The number of nitro groups is 2. The quantitative estimate of drug-likeness (QED) is 0.0290. The van der Waals surface area contributed by atoms with E-state index < -0.39 is 69.2 Å². The number of aliphatic hydroxyl groups excluding tert-OH is 1. The summed E-state index contributed by atoms with van der Waals surface area (Å²) in [6.07, 6.45) is 2.88. The average molecular weight is 893 g/mol. The van der Waals surface area contributed by atoms with Crippen molar-refractivity contribution in [2.24, 2.45) is 0 Å². The first-order valence-corrected chi connectivity index (χ1v) is 23.1. The Balaban J connectivity index is 1.12. The number of aromatic nitrogens is 1. The van der Waals surface area contributed by atoms with Crippen LogP contribution in [0.15, 0.2) is 149 Å². The highest BCUT2D eigenvalue weighted by molar-refractivity contribution is 7.89. The number of nitro benzene ring substituents is 2. The summed E-state index contributed by atoms with van der Waals surface area (Å²) in [6.45, 7) is -0.125. The largest absolute Gasteiger partial charge is 0.387 e. The molecule has 1 heterocycles. The maximum atomic E-state index is 14.6. The number of nitrogens with one attached hydrogen (secondary N) is 1. The highest BCUT2D eigenvalue weighted by Crippen LogP contribution is 2.36. The molecule has 18 heteroatoms. The fraction of sp³-hybridized carbons (Fsp3) is 0.244. The molecule has 3 atom stereocenters. The van der Waals surface area contributed by atoms with Gasteiger partial charge in [-0.1, -0.05) is 116 Å². The topological polar surface area (TPSA) is 223 Å². The number of fused-ring (bicyclic) bond motifs is 2. The summed E-state index contributed by atoms with van der Waals surface area (Å²) in [5, 5.41) is 40.0. The Morgan fingerprint density at radius 1 is 0.667 bits per heavy atom. The molecular weight excluding hydrogens is 849 g/mol. The number of sulfonamides is 2. The van der Waals surface area contributed by atoms with Crippen LogP contribution in [0.3, 0.4) is 0 Å². The number of nitrogens with zero attached hydrogens (tertiary/aromatic N) is 5. The van der Waals surface area contributed by atoms with Crippen LogP contribution >= 0.6 is 0 Å². The maximum Gasteiger partial charge on any atom is 0.289 e. The zero-order valence-electron chi connectivity index (χ0n) is 33.8. The minimum Gasteiger partial charge on any atom is -0.387 e. The van der Waals surface area contributed by atoms with E-state index in [1.807, 2.05) is 48.5 Å². The number of pyridine rings is 1. The second-order valence-electron chi connectivity index (χ2n) is 15.0. The van der Waals surface area contributed by atoms with Gasteiger partial charge >= 0.3 is 0 Å². The predicted octanol–water partition coefficient (Wildman–Crippen LogP) is 7.13. The van der Waals surface area contributed by atoms with Crippen molar-refractivity contribution in [2.45, 2.75) is 66.6 Å². The van der Waals surface area contributed by atoms with E-state index in [-0.39, 0.29) is 31.8 Å². The molecule has 1 aliphatic carbocycles. The Morgan fingerprint density at radius 2 is 1.17 bits per heavy atom. The van der Waals surface area contributed by atoms with Gasteiger partial charge in [-0.2, -0.15) is 8.61 Å². The van der Waals surface area contributed by atoms with E-state index in [9.17, 15) is 47.0 Å². The molecule has 7 rings (SSSR count). The maximum absolute atomic E-state index is 14.6. The number of benzene rings is 5. The summed E-state index contributed by atoms with van der Waals surface area (Å²) in [5.74, 6) is -0.252. The second kappa shape index (κ2) is 19.3. The van der Waals surface area contributed by atoms with Crippen molar-refractivity contribution in [1.82, 2.24) is 18.9 Å². The van der Waals surface area contributed by atoms with Gasteiger partial charge in [-0.05, 0) is 49.1 Å². The SMILES string of the molecule is O=C(NCCCCCCN([C@H]1C=C[C@@H](O)[C@@H](N(Cc2ccccc2)S(=O)(=O)c2ccccc2[N+](=O)[O-])C1)S(=O)(=O)c1ccccc1[N+](=O)[O-])c1c2ccccc2nc2ccccc12. The Labute approximate surface area is 363 Å². The Morgan fingerprint density at radius 3 is 1.76 bits per heavy atom. The number of para-hydroxylation sites is 4. The van der Waals surface area contributed by atoms with E-state index in [0.29, 0.717) is 48.0 Å². The van der Waals surface area contributed by atoms with Gasteiger partial charge in [0.2, 0.25) is 10.0 Å². The van der Waals surface area contributed by atoms with Gasteiger partial charge in [0.1, 0.15) is 0 Å². The third-order valence-electron chi connectivity index (χ3n) is 11.0. The van der Waals surface area contributed by atoms with Crippen molar-refractivity contribution in [2.75, 3.05) is 13.1 Å². The summed E-state index contributed by atoms with van der Waals surface area (Å²) < 4.78 is 60.2. The molecule has 2 N–H and O–H groups in total. The third-order valence-corrected chi connectivity index (χ3v) is 14.9. The first-order chi connectivity index (χ1) is 30.3. The molecule has 0 bridgehead atoms. The molecule has 1 amide bonds. The van der Waals surface area contributed by atoms with Crippen LogP contribution in [0.4, 0.5) is 11.4 Å². The first-order valence-electron chi connectivity index (χ1n) is 20.3. The molecule has 326 valence electrons. The molecule has 16 nitrogen and oxygen atoms in total. The van der Waals surface area contributed by atoms with Gasteiger partial charge in [-0.15, -0.1) is 0 Å². The van der Waals surface area contributed by atoms with E-state index in [1.165, 1.54) is 36.4 Å². The van der Waals surface area contributed by atoms with Gasteiger partial charge in [0.15, 0.2) is 9.79 Å². The van der Waals surface area contributed by atoms with Gasteiger partial charge in [-0.3, -0.25) is 25.0 Å². The van der Waals surface area contributed by atoms with Gasteiger partial charge < -0.3 is 10.4 Å². The molecule has 1 aromatic heterocycles. The highest BCUT2D eigenvalue weighted by Gasteiger charge is 2.44. The Bertz CT molecular complexity index is 2860. The van der Waals surface area contributed by atoms with Crippen molar-refractivity contribution >= 4 is 59.1 Å². The van der Waals surface area contributed by atoms with Crippen LogP contribution in [0.25, 0.3) is 21.8 Å². The monoisotopic (exact) mass is 892 g/mol. The number of unbranched alkanes of at least 4 members (excludes halogenated alkanes) is 3. The normalized spacial score (nSPS) is 16.7. The minimum absolute atomic E-state index is 0.136. The Kier molecular flexibility index (Phi) is 13.7. The lowest BCUT2D eigenvalue weighted by Crippen LogP contribution is -2.52. The summed E-state index contributed by atoms with van der Waals surface area (Å²) in [7, 11) is -9.37. The van der Waals surface area contributed by atoms with Crippen LogP contribution in [0.1, 0.15) is 48.0 Å². The molecule has 63 heavy (non-hydrogen) atoms. The third kappa shape index (κ3) is 9.64. The van der Waals surface area contributed by atoms with E-state index in [0.717, 1.165) is 43.6 Å². The summed E-state index contributed by atoms with van der Waals surface area (Å²) in [4.78, 5) is 39.6. The number of carbonyl (C=O) groups is 1. The molecule has 0 saturated heterocycles. The second-order valence-corrected chi connectivity index (χ2v) is 18.8. The zero-order chi connectivity index (χ0) is 44.7. The lowest BCUT2D eigenvalue weighted by molar-refractivity contribution is -0.388. The molecule has 0 fully saturated rings. The van der Waals surface area contributed by atoms with Gasteiger partial charge in [0.05, 0.1) is 38.6 Å². The van der Waals surface area contributed by atoms with Crippen LogP contribution in [-0.4, -0.2) is 82.6 Å². The molecule has 0 unspecified atom stereocenters. The number of rotatable bonds is 18. The highest BCUT2D eigenvalue weighted by atomic mass is 32.2. The minimum atomic E-state index is -4.73. The molecule has 0 saturated carbocycles. The lowest BCUT2D eigenvalue weighted by atomic mass is 9.94. The van der Waals surface area contributed by atoms with E-state index >= 15 is 0 Å². The summed E-state index contributed by atoms with van der Waals surface area (Å²) in [5.41, 5.74) is 1.10. The number of hydrogen-bond donors (Lipinski definition) is 2. The molecule has 0 aliphatic heterocycles. The Hall–Kier alpha value is -6.44. The number of carbonyl (C=O) groups excluding carboxylic acids is 1. The number of aliphatic hydroxyl groups is 1. The van der Waals surface area contributed by atoms with Gasteiger partial charge in [-0.25, -0.2) is 21.8 Å². The number of hydrogen-bond acceptors (Lipinski definition) is 11. The van der Waals surface area contributed by atoms with Crippen molar-refractivity contribution in [3.63, 3.8) is 0 Å². The molecule has 0 spiro atoms. The van der Waals surface area contributed by atoms with Crippen LogP contribution in [0.2, 0.25) is 0 Å². The van der Waals surface area contributed by atoms with Gasteiger partial charge in [0, 0.05) is 48.6 Å². The average Bonchev–Trinajstić information content (AvgIpc) is 3.28. The van der Waals surface area contributed by atoms with E-state index in [2.05, 4.69) is 10.3 Å². The van der Waals surface area contributed by atoms with Crippen LogP contribution in [-0.2, 0) is 26.6 Å². The van der Waals surface area contributed by atoms with E-state index in [1.54, 1.807) is 30.3 Å². The fourth-order valence-electron chi connectivity index (χ4n) is 7.97. The van der Waals surface area contributed by atoms with Gasteiger partial charge in [0.25, 0.3) is 27.3 Å². The van der Waals surface area contributed by atoms with Crippen LogP contribution < -0.4 is 5.32 Å². The number of amides is 1. The first kappa shape index (κ1) is 44.6. The lowest BCUT2D eigenvalue weighted by Gasteiger charge is -2.40. The molecule has 1 aliphatic rings. The van der Waals surface area contributed by atoms with Crippen LogP contribution in [0.5, 0.6) is 0 Å². The molecular formula is C45H44N6O10S2. The van der Waals surface area contributed by atoms with Crippen molar-refractivity contribution < 1.29 is 36.6 Å². The zero-order valence-corrected chi connectivity index (χ0v) is 35.5. The predicted molar refractivity (Wildman–Crippen MR) is 237 cm³/mol. The molecule has 0 radical (unpaired) electrons. The van der Waals surface area contributed by atoms with Crippen LogP contribution in [0, 0.1) is 20.2 Å². The smallest absolute Gasteiger partial charge is 0.289 e. The standard InChI is InChI=1S/C45H44N6O10S2/c52-41-27-26-33(30-40(41)49(31-32-16-4-3-5-17-32)63(60,61)43-25-13-11-23-39(43)51(56)57)48(62(58,59)42-24-12-10-22-38(42)50(54)55)29-15-2-1-14-28-46-45(53)44-34-18-6-8-20-36(34)47-37-21-9-7-19-35(37)44/h3-13,16-27,33,40-41,52H,1-2,14-15,28-31H2,(H,46,53)/t33-,40-,41+/m0/s1. The van der Waals surface area contributed by atoms with Crippen molar-refractivity contribution in [3.05, 3.63) is 171 Å². The molecule has 5 aromatic carbocycles. The van der Waals surface area contributed by atoms with E-state index in [4.69, 9.17) is 0 Å². The molecule has 6 aromatic rings. The summed E-state index contributed by atoms with van der Waals surface area (Å²) in [6, 6.07) is 30.6. The fourth-order valence-corrected chi connectivity index (χ4v) is 11.6. The summed E-state index contributed by atoms with van der Waals surface area (Å²) >= 11 is 0.